The molecule has 2 rings (SSSR count). The molecule has 96 valence electrons. The summed E-state index contributed by atoms with van der Waals surface area (Å²) in [5, 5.41) is 10.3. The summed E-state index contributed by atoms with van der Waals surface area (Å²) in [6, 6.07) is 9.32. The molecule has 0 aliphatic rings. The Morgan fingerprint density at radius 1 is 1.33 bits per heavy atom. The Morgan fingerprint density at radius 3 is 2.89 bits per heavy atom. The first kappa shape index (κ1) is 12.8. The van der Waals surface area contributed by atoms with Crippen molar-refractivity contribution >= 4 is 10.9 Å². The molecule has 0 radical (unpaired) electrons. The van der Waals surface area contributed by atoms with Gasteiger partial charge >= 0.3 is 0 Å². The third-order valence-electron chi connectivity index (χ3n) is 3.01. The molecule has 2 unspecified atom stereocenters. The van der Waals surface area contributed by atoms with E-state index in [0.717, 1.165) is 17.3 Å². The summed E-state index contributed by atoms with van der Waals surface area (Å²) in [5.41, 5.74) is 6.79. The second-order valence-electron chi connectivity index (χ2n) is 4.24. The SMILES string of the molecule is CCC(N)C(CO)Oc1cccc2ncccc12. The third-order valence-corrected chi connectivity index (χ3v) is 3.01. The van der Waals surface area contributed by atoms with Crippen molar-refractivity contribution in [2.75, 3.05) is 6.61 Å². The number of nitrogens with zero attached hydrogens (tertiary/aromatic N) is 1. The van der Waals surface area contributed by atoms with Gasteiger partial charge in [-0.15, -0.1) is 0 Å². The lowest BCUT2D eigenvalue weighted by Crippen LogP contribution is -2.41. The van der Waals surface area contributed by atoms with Crippen LogP contribution in [-0.4, -0.2) is 28.8 Å². The van der Waals surface area contributed by atoms with Crippen LogP contribution in [0.3, 0.4) is 0 Å². The van der Waals surface area contributed by atoms with E-state index in [2.05, 4.69) is 4.98 Å². The first-order valence-corrected chi connectivity index (χ1v) is 6.13. The number of pyridine rings is 1. The Hall–Kier alpha value is -1.65. The van der Waals surface area contributed by atoms with Gasteiger partial charge in [0, 0.05) is 17.6 Å². The van der Waals surface area contributed by atoms with Crippen LogP contribution in [0.2, 0.25) is 0 Å². The Kier molecular flexibility index (Phi) is 4.12. The number of fused-ring (bicyclic) bond motifs is 1. The molecule has 3 N–H and O–H groups in total. The zero-order chi connectivity index (χ0) is 13.0. The van der Waals surface area contributed by atoms with Crippen LogP contribution in [0.4, 0.5) is 0 Å². The van der Waals surface area contributed by atoms with Gasteiger partial charge in [0.1, 0.15) is 11.9 Å². The van der Waals surface area contributed by atoms with E-state index in [1.54, 1.807) is 6.20 Å². The highest BCUT2D eigenvalue weighted by molar-refractivity contribution is 5.84. The monoisotopic (exact) mass is 246 g/mol. The Bertz CT molecular complexity index is 511. The maximum absolute atomic E-state index is 9.34. The van der Waals surface area contributed by atoms with Gasteiger partial charge in [0.2, 0.25) is 0 Å². The van der Waals surface area contributed by atoms with Gasteiger partial charge in [0.15, 0.2) is 0 Å². The predicted molar refractivity (Wildman–Crippen MR) is 71.5 cm³/mol. The van der Waals surface area contributed by atoms with Crippen molar-refractivity contribution in [2.45, 2.75) is 25.5 Å². The number of benzene rings is 1. The number of rotatable bonds is 5. The van der Waals surface area contributed by atoms with Crippen molar-refractivity contribution in [3.8, 4) is 5.75 Å². The highest BCUT2D eigenvalue weighted by atomic mass is 16.5. The molecule has 0 saturated heterocycles. The van der Waals surface area contributed by atoms with Crippen LogP contribution in [0.1, 0.15) is 13.3 Å². The summed E-state index contributed by atoms with van der Waals surface area (Å²) in [5.74, 6) is 0.712. The minimum absolute atomic E-state index is 0.0916. The van der Waals surface area contributed by atoms with E-state index >= 15 is 0 Å². The molecule has 0 amide bonds. The van der Waals surface area contributed by atoms with Crippen molar-refractivity contribution in [3.05, 3.63) is 36.5 Å². The topological polar surface area (TPSA) is 68.4 Å². The molecular weight excluding hydrogens is 228 g/mol. The molecule has 0 bridgehead atoms. The molecule has 0 aliphatic heterocycles. The highest BCUT2D eigenvalue weighted by Crippen LogP contribution is 2.25. The number of hydrogen-bond donors (Lipinski definition) is 2. The van der Waals surface area contributed by atoms with Gasteiger partial charge in [0.25, 0.3) is 0 Å². The van der Waals surface area contributed by atoms with E-state index in [9.17, 15) is 5.11 Å². The fourth-order valence-electron chi connectivity index (χ4n) is 1.86. The lowest BCUT2D eigenvalue weighted by atomic mass is 10.1. The summed E-state index contributed by atoms with van der Waals surface area (Å²) in [6.07, 6.45) is 2.11. The lowest BCUT2D eigenvalue weighted by Gasteiger charge is -2.22. The maximum atomic E-state index is 9.34. The predicted octanol–water partition coefficient (Wildman–Crippen LogP) is 1.71. The van der Waals surface area contributed by atoms with Gasteiger partial charge in [-0.3, -0.25) is 4.98 Å². The van der Waals surface area contributed by atoms with E-state index in [1.165, 1.54) is 0 Å². The fourth-order valence-corrected chi connectivity index (χ4v) is 1.86. The third kappa shape index (κ3) is 2.60. The minimum Gasteiger partial charge on any atom is -0.486 e. The summed E-state index contributed by atoms with van der Waals surface area (Å²) in [6.45, 7) is 1.88. The first-order valence-electron chi connectivity index (χ1n) is 6.13. The Labute approximate surface area is 106 Å². The van der Waals surface area contributed by atoms with Gasteiger partial charge in [-0.2, -0.15) is 0 Å². The molecule has 1 aromatic carbocycles. The van der Waals surface area contributed by atoms with E-state index in [4.69, 9.17) is 10.5 Å². The maximum Gasteiger partial charge on any atom is 0.137 e. The zero-order valence-electron chi connectivity index (χ0n) is 10.4. The summed E-state index contributed by atoms with van der Waals surface area (Å²) in [4.78, 5) is 4.27. The van der Waals surface area contributed by atoms with E-state index in [-0.39, 0.29) is 18.8 Å². The molecule has 1 heterocycles. The van der Waals surface area contributed by atoms with Crippen molar-refractivity contribution in [2.24, 2.45) is 5.73 Å². The van der Waals surface area contributed by atoms with Gasteiger partial charge in [-0.25, -0.2) is 0 Å². The van der Waals surface area contributed by atoms with Gasteiger partial charge in [0.05, 0.1) is 12.1 Å². The molecule has 0 spiro atoms. The standard InChI is InChI=1S/C14H18N2O2/c1-2-11(15)14(9-17)18-13-7-3-6-12-10(13)5-4-8-16-12/h3-8,11,14,17H,2,9,15H2,1H3. The quantitative estimate of drug-likeness (QED) is 0.842. The summed E-state index contributed by atoms with van der Waals surface area (Å²) >= 11 is 0. The molecule has 18 heavy (non-hydrogen) atoms. The van der Waals surface area contributed by atoms with Gasteiger partial charge < -0.3 is 15.6 Å². The minimum atomic E-state index is -0.388. The number of aliphatic hydroxyl groups excluding tert-OH is 1. The van der Waals surface area contributed by atoms with Crippen LogP contribution in [0.15, 0.2) is 36.5 Å². The van der Waals surface area contributed by atoms with Crippen molar-refractivity contribution in [3.63, 3.8) is 0 Å². The van der Waals surface area contributed by atoms with Crippen LogP contribution < -0.4 is 10.5 Å². The van der Waals surface area contributed by atoms with E-state index in [0.29, 0.717) is 5.75 Å². The molecule has 4 nitrogen and oxygen atoms in total. The van der Waals surface area contributed by atoms with Crippen LogP contribution >= 0.6 is 0 Å². The molecule has 0 aliphatic carbocycles. The average molecular weight is 246 g/mol. The van der Waals surface area contributed by atoms with Crippen molar-refractivity contribution in [1.82, 2.24) is 4.98 Å². The Morgan fingerprint density at radius 2 is 2.17 bits per heavy atom. The molecular formula is C14H18N2O2. The van der Waals surface area contributed by atoms with Crippen LogP contribution in [-0.2, 0) is 0 Å². The summed E-state index contributed by atoms with van der Waals surface area (Å²) < 4.78 is 5.81. The molecule has 4 heteroatoms. The molecule has 0 saturated carbocycles. The Balaban J connectivity index is 2.30. The smallest absolute Gasteiger partial charge is 0.137 e. The molecule has 0 fully saturated rings. The van der Waals surface area contributed by atoms with Gasteiger partial charge in [-0.1, -0.05) is 13.0 Å². The zero-order valence-corrected chi connectivity index (χ0v) is 10.4. The second-order valence-corrected chi connectivity index (χ2v) is 4.24. The molecule has 2 atom stereocenters. The average Bonchev–Trinajstić information content (AvgIpc) is 2.44. The molecule has 1 aromatic heterocycles. The van der Waals surface area contributed by atoms with Crippen molar-refractivity contribution in [1.29, 1.82) is 0 Å². The highest BCUT2D eigenvalue weighted by Gasteiger charge is 2.18. The lowest BCUT2D eigenvalue weighted by molar-refractivity contribution is 0.0946. The van der Waals surface area contributed by atoms with Gasteiger partial charge in [-0.05, 0) is 30.7 Å². The number of hydrogen-bond acceptors (Lipinski definition) is 4. The second kappa shape index (κ2) is 5.80. The normalized spacial score (nSPS) is 14.4. The number of aliphatic hydroxyl groups is 1. The van der Waals surface area contributed by atoms with Crippen LogP contribution in [0.25, 0.3) is 10.9 Å². The van der Waals surface area contributed by atoms with E-state index < -0.39 is 0 Å². The van der Waals surface area contributed by atoms with Crippen molar-refractivity contribution < 1.29 is 9.84 Å². The van der Waals surface area contributed by atoms with Crippen LogP contribution in [0, 0.1) is 0 Å². The number of aromatic nitrogens is 1. The molecule has 2 aromatic rings. The van der Waals surface area contributed by atoms with Crippen LogP contribution in [0.5, 0.6) is 5.75 Å². The number of ether oxygens (including phenoxy) is 1. The first-order chi connectivity index (χ1) is 8.76. The largest absolute Gasteiger partial charge is 0.486 e. The van der Waals surface area contributed by atoms with E-state index in [1.807, 2.05) is 37.3 Å². The number of nitrogens with two attached hydrogens (primary N) is 1. The summed E-state index contributed by atoms with van der Waals surface area (Å²) in [7, 11) is 0. The fraction of sp³-hybridized carbons (Fsp3) is 0.357.